The number of carbonyl (C=O) groups is 2. The van der Waals surface area contributed by atoms with Crippen LogP contribution < -0.4 is 10.6 Å². The maximum Gasteiger partial charge on any atom is 0.225 e. The van der Waals surface area contributed by atoms with Crippen molar-refractivity contribution in [2.45, 2.75) is 45.6 Å². The van der Waals surface area contributed by atoms with E-state index in [1.165, 1.54) is 0 Å². The Hall–Kier alpha value is -1.10. The predicted octanol–water partition coefficient (Wildman–Crippen LogP) is 0.749. The van der Waals surface area contributed by atoms with Gasteiger partial charge in [0, 0.05) is 37.5 Å². The zero-order valence-corrected chi connectivity index (χ0v) is 12.7. The lowest BCUT2D eigenvalue weighted by atomic mass is 9.90. The fourth-order valence-electron chi connectivity index (χ4n) is 3.30. The van der Waals surface area contributed by atoms with Gasteiger partial charge in [-0.1, -0.05) is 0 Å². The number of hydrogen-bond acceptors (Lipinski definition) is 3. The highest BCUT2D eigenvalue weighted by Crippen LogP contribution is 2.23. The minimum absolute atomic E-state index is 0.0888. The third-order valence-corrected chi connectivity index (χ3v) is 4.50. The first-order valence-electron chi connectivity index (χ1n) is 7.91. The molecule has 2 aliphatic heterocycles. The summed E-state index contributed by atoms with van der Waals surface area (Å²) in [4.78, 5) is 26.3. The molecule has 2 N–H and O–H groups in total. The number of nitrogens with one attached hydrogen (secondary N) is 2. The van der Waals surface area contributed by atoms with Crippen molar-refractivity contribution in [2.75, 3.05) is 26.2 Å². The van der Waals surface area contributed by atoms with Gasteiger partial charge in [0.15, 0.2) is 0 Å². The molecule has 2 atom stereocenters. The van der Waals surface area contributed by atoms with Gasteiger partial charge in [-0.2, -0.15) is 0 Å². The fraction of sp³-hybridized carbons (Fsp3) is 0.867. The number of nitrogens with zero attached hydrogens (tertiary/aromatic N) is 1. The molecule has 0 aromatic carbocycles. The van der Waals surface area contributed by atoms with Crippen molar-refractivity contribution < 1.29 is 9.59 Å². The summed E-state index contributed by atoms with van der Waals surface area (Å²) >= 11 is 0. The Balaban J connectivity index is 1.81. The summed E-state index contributed by atoms with van der Waals surface area (Å²) in [6.45, 7) is 7.17. The highest BCUT2D eigenvalue weighted by atomic mass is 16.2. The van der Waals surface area contributed by atoms with Crippen LogP contribution in [0.2, 0.25) is 0 Å². The number of rotatable bonds is 3. The van der Waals surface area contributed by atoms with Crippen molar-refractivity contribution in [1.82, 2.24) is 15.5 Å². The molecule has 2 amide bonds. The number of carbonyl (C=O) groups excluding carboxylic acids is 2. The van der Waals surface area contributed by atoms with Gasteiger partial charge in [0.1, 0.15) is 0 Å². The molecule has 0 bridgehead atoms. The lowest BCUT2D eigenvalue weighted by molar-refractivity contribution is -0.140. The Morgan fingerprint density at radius 1 is 1.20 bits per heavy atom. The first kappa shape index (κ1) is 15.3. The Morgan fingerprint density at radius 2 is 1.90 bits per heavy atom. The van der Waals surface area contributed by atoms with E-state index in [1.54, 1.807) is 0 Å². The van der Waals surface area contributed by atoms with Crippen LogP contribution in [0.4, 0.5) is 0 Å². The number of piperidine rings is 2. The molecule has 0 aliphatic carbocycles. The Bertz CT molecular complexity index is 351. The number of likely N-dealkylation sites (tertiary alicyclic amines) is 1. The zero-order chi connectivity index (χ0) is 14.5. The van der Waals surface area contributed by atoms with E-state index in [9.17, 15) is 9.59 Å². The first-order chi connectivity index (χ1) is 9.61. The van der Waals surface area contributed by atoms with E-state index in [4.69, 9.17) is 0 Å². The summed E-state index contributed by atoms with van der Waals surface area (Å²) in [7, 11) is 0. The molecule has 2 fully saturated rings. The van der Waals surface area contributed by atoms with Crippen molar-refractivity contribution in [3.05, 3.63) is 0 Å². The highest BCUT2D eigenvalue weighted by Gasteiger charge is 2.32. The molecule has 0 aromatic heterocycles. The van der Waals surface area contributed by atoms with E-state index in [-0.39, 0.29) is 17.7 Å². The van der Waals surface area contributed by atoms with Crippen LogP contribution in [0.25, 0.3) is 0 Å². The normalized spacial score (nSPS) is 28.2. The summed E-state index contributed by atoms with van der Waals surface area (Å²) in [5.41, 5.74) is 0. The van der Waals surface area contributed by atoms with Crippen LogP contribution in [0.15, 0.2) is 0 Å². The van der Waals surface area contributed by atoms with Crippen molar-refractivity contribution in [1.29, 1.82) is 0 Å². The summed E-state index contributed by atoms with van der Waals surface area (Å²) in [6, 6.07) is 0.436. The second kappa shape index (κ2) is 7.07. The second-order valence-corrected chi connectivity index (χ2v) is 6.07. The van der Waals surface area contributed by atoms with E-state index < -0.39 is 0 Å². The molecule has 0 spiro atoms. The minimum atomic E-state index is 0.0888. The molecule has 114 valence electrons. The van der Waals surface area contributed by atoms with E-state index in [0.717, 1.165) is 45.3 Å². The lowest BCUT2D eigenvalue weighted by Crippen LogP contribution is -2.48. The van der Waals surface area contributed by atoms with Crippen molar-refractivity contribution in [2.24, 2.45) is 11.8 Å². The monoisotopic (exact) mass is 281 g/mol. The Labute approximate surface area is 121 Å². The average Bonchev–Trinajstić information content (AvgIpc) is 2.47. The largest absolute Gasteiger partial charge is 0.356 e. The topological polar surface area (TPSA) is 61.4 Å². The van der Waals surface area contributed by atoms with Crippen LogP contribution in [0.1, 0.15) is 39.5 Å². The summed E-state index contributed by atoms with van der Waals surface area (Å²) in [6.07, 6.45) is 3.49. The second-order valence-electron chi connectivity index (χ2n) is 6.07. The Morgan fingerprint density at radius 3 is 2.50 bits per heavy atom. The van der Waals surface area contributed by atoms with Crippen LogP contribution in [-0.2, 0) is 9.59 Å². The summed E-state index contributed by atoms with van der Waals surface area (Å²) in [5, 5.41) is 6.26. The first-order valence-corrected chi connectivity index (χ1v) is 7.91. The van der Waals surface area contributed by atoms with Gasteiger partial charge in [0.05, 0.1) is 0 Å². The molecular formula is C15H27N3O2. The van der Waals surface area contributed by atoms with Crippen molar-refractivity contribution in [3.63, 3.8) is 0 Å². The van der Waals surface area contributed by atoms with Crippen LogP contribution >= 0.6 is 0 Å². The third-order valence-electron chi connectivity index (χ3n) is 4.50. The minimum Gasteiger partial charge on any atom is -0.356 e. The molecule has 0 radical (unpaired) electrons. The maximum atomic E-state index is 12.5. The molecule has 20 heavy (non-hydrogen) atoms. The molecule has 0 saturated carbocycles. The van der Waals surface area contributed by atoms with Gasteiger partial charge < -0.3 is 15.5 Å². The molecule has 2 rings (SSSR count). The van der Waals surface area contributed by atoms with Crippen LogP contribution in [0, 0.1) is 11.8 Å². The number of hydrogen-bond donors (Lipinski definition) is 2. The Kier molecular flexibility index (Phi) is 5.40. The van der Waals surface area contributed by atoms with Gasteiger partial charge in [-0.3, -0.25) is 9.59 Å². The van der Waals surface area contributed by atoms with Crippen LogP contribution in [-0.4, -0.2) is 48.9 Å². The molecule has 2 saturated heterocycles. The standard InChI is InChI=1S/C15H27N3O2/c1-3-16-14(19)12-5-8-18(9-6-12)15(20)13-4-7-17-11(2)10-13/h11-13,17H,3-10H2,1-2H3,(H,16,19). The molecular weight excluding hydrogens is 254 g/mol. The third kappa shape index (κ3) is 3.72. The van der Waals surface area contributed by atoms with Crippen LogP contribution in [0.5, 0.6) is 0 Å². The maximum absolute atomic E-state index is 12.5. The van der Waals surface area contributed by atoms with Crippen molar-refractivity contribution >= 4 is 11.8 Å². The van der Waals surface area contributed by atoms with Gasteiger partial charge >= 0.3 is 0 Å². The van der Waals surface area contributed by atoms with E-state index >= 15 is 0 Å². The van der Waals surface area contributed by atoms with Gasteiger partial charge in [0.25, 0.3) is 0 Å². The molecule has 2 unspecified atom stereocenters. The fourth-order valence-corrected chi connectivity index (χ4v) is 3.30. The lowest BCUT2D eigenvalue weighted by Gasteiger charge is -2.36. The van der Waals surface area contributed by atoms with Crippen molar-refractivity contribution in [3.8, 4) is 0 Å². The van der Waals surface area contributed by atoms with Gasteiger partial charge in [-0.15, -0.1) is 0 Å². The predicted molar refractivity (Wildman–Crippen MR) is 78.2 cm³/mol. The summed E-state index contributed by atoms with van der Waals surface area (Å²) < 4.78 is 0. The van der Waals surface area contributed by atoms with E-state index in [0.29, 0.717) is 18.5 Å². The quantitative estimate of drug-likeness (QED) is 0.802. The molecule has 5 heteroatoms. The molecule has 5 nitrogen and oxygen atoms in total. The van der Waals surface area contributed by atoms with Gasteiger partial charge in [-0.25, -0.2) is 0 Å². The smallest absolute Gasteiger partial charge is 0.225 e. The SMILES string of the molecule is CCNC(=O)C1CCN(C(=O)C2CCNC(C)C2)CC1. The summed E-state index contributed by atoms with van der Waals surface area (Å²) in [5.74, 6) is 0.709. The number of amides is 2. The van der Waals surface area contributed by atoms with Gasteiger partial charge in [-0.05, 0) is 46.1 Å². The molecule has 2 heterocycles. The zero-order valence-electron chi connectivity index (χ0n) is 12.7. The highest BCUT2D eigenvalue weighted by molar-refractivity contribution is 5.81. The van der Waals surface area contributed by atoms with Gasteiger partial charge in [0.2, 0.25) is 11.8 Å². The van der Waals surface area contributed by atoms with E-state index in [1.807, 2.05) is 11.8 Å². The average molecular weight is 281 g/mol. The van der Waals surface area contributed by atoms with E-state index in [2.05, 4.69) is 17.6 Å². The van der Waals surface area contributed by atoms with Crippen LogP contribution in [0.3, 0.4) is 0 Å². The molecule has 2 aliphatic rings. The molecule has 0 aromatic rings.